The van der Waals surface area contributed by atoms with Gasteiger partial charge in [0.2, 0.25) is 17.7 Å². The molecule has 10 rings (SSSR count). The van der Waals surface area contributed by atoms with Gasteiger partial charge in [0.05, 0.1) is 16.8 Å². The first-order chi connectivity index (χ1) is 32.7. The van der Waals surface area contributed by atoms with Crippen LogP contribution in [0.15, 0.2) is 72.0 Å². The number of pyridine rings is 1. The van der Waals surface area contributed by atoms with Crippen LogP contribution < -0.4 is 15.9 Å². The van der Waals surface area contributed by atoms with Gasteiger partial charge in [-0.1, -0.05) is 19.1 Å². The molecule has 19 heteroatoms. The molecule has 8 heterocycles. The summed E-state index contributed by atoms with van der Waals surface area (Å²) in [5, 5.41) is 10.5. The predicted octanol–water partition coefficient (Wildman–Crippen LogP) is 4.42. The fourth-order valence-corrected chi connectivity index (χ4v) is 11.0. The number of hydrogen-bond donors (Lipinski definition) is 1. The molecule has 5 aliphatic heterocycles. The summed E-state index contributed by atoms with van der Waals surface area (Å²) in [6, 6.07) is 13.6. The largest absolute Gasteiger partial charge is 0.418 e. The third kappa shape index (κ3) is 8.93. The normalized spacial score (nSPS) is 20.9. The molecule has 2 aromatic carbocycles. The summed E-state index contributed by atoms with van der Waals surface area (Å²) in [4.78, 5) is 75.4. The molecule has 0 spiro atoms. The molecule has 0 saturated carbocycles. The maximum Gasteiger partial charge on any atom is 0.418 e. The zero-order chi connectivity index (χ0) is 47.4. The summed E-state index contributed by atoms with van der Waals surface area (Å²) >= 11 is 0. The van der Waals surface area contributed by atoms with Gasteiger partial charge in [0.1, 0.15) is 18.2 Å². The van der Waals surface area contributed by atoms with Gasteiger partial charge >= 0.3 is 11.9 Å². The van der Waals surface area contributed by atoms with Crippen molar-refractivity contribution in [2.45, 2.75) is 76.7 Å². The molecule has 2 atom stereocenters. The number of rotatable bonds is 10. The van der Waals surface area contributed by atoms with Crippen LogP contribution in [0.2, 0.25) is 0 Å². The molecule has 5 aromatic rings. The van der Waals surface area contributed by atoms with Gasteiger partial charge in [0.15, 0.2) is 0 Å². The Morgan fingerprint density at radius 3 is 2.32 bits per heavy atom. The Hall–Kier alpha value is -6.34. The number of carbonyl (C=O) groups excluding carboxylic acids is 4. The summed E-state index contributed by atoms with van der Waals surface area (Å²) in [5.41, 5.74) is 2.55. The van der Waals surface area contributed by atoms with E-state index in [9.17, 15) is 37.1 Å². The lowest BCUT2D eigenvalue weighted by atomic mass is 9.91. The zero-order valence-electron chi connectivity index (χ0n) is 38.3. The predicted molar refractivity (Wildman–Crippen MR) is 245 cm³/mol. The first-order valence-electron chi connectivity index (χ1n) is 23.7. The van der Waals surface area contributed by atoms with Crippen molar-refractivity contribution in [3.8, 4) is 5.69 Å². The number of piperidine rings is 3. The number of carbonyl (C=O) groups is 4. The van der Waals surface area contributed by atoms with Crippen molar-refractivity contribution in [2.24, 2.45) is 18.9 Å². The van der Waals surface area contributed by atoms with E-state index in [0.29, 0.717) is 80.5 Å². The minimum atomic E-state index is -4.69. The maximum atomic E-state index is 14.6. The van der Waals surface area contributed by atoms with E-state index in [-0.39, 0.29) is 48.0 Å². The monoisotopic (exact) mass is 935 g/mol. The van der Waals surface area contributed by atoms with Crippen molar-refractivity contribution >= 4 is 34.8 Å². The molecular weight excluding hydrogens is 880 g/mol. The second kappa shape index (κ2) is 18.3. The lowest BCUT2D eigenvalue weighted by Crippen LogP contribution is -2.52. The Bertz CT molecular complexity index is 2810. The molecule has 4 amide bonds. The molecule has 0 bridgehead atoms. The Balaban J connectivity index is 0.697. The highest BCUT2D eigenvalue weighted by Crippen LogP contribution is 2.35. The van der Waals surface area contributed by atoms with E-state index in [1.54, 1.807) is 34.0 Å². The molecule has 1 unspecified atom stereocenters. The second-order valence-corrected chi connectivity index (χ2v) is 19.3. The van der Waals surface area contributed by atoms with Crippen LogP contribution in [0, 0.1) is 11.8 Å². The number of piperazine rings is 1. The molecule has 4 saturated heterocycles. The lowest BCUT2D eigenvalue weighted by Gasteiger charge is -2.40. The van der Waals surface area contributed by atoms with Gasteiger partial charge in [-0.15, -0.1) is 10.2 Å². The highest BCUT2D eigenvalue weighted by molar-refractivity contribution is 6.05. The van der Waals surface area contributed by atoms with Crippen LogP contribution >= 0.6 is 0 Å². The molecular formula is C49H56F3N11O5. The summed E-state index contributed by atoms with van der Waals surface area (Å²) in [7, 11) is 1.84. The van der Waals surface area contributed by atoms with Gasteiger partial charge in [-0.2, -0.15) is 13.2 Å². The number of imidazole rings is 1. The van der Waals surface area contributed by atoms with Crippen LogP contribution in [0.1, 0.15) is 89.8 Å². The topological polar surface area (TPSA) is 154 Å². The molecule has 16 nitrogen and oxygen atoms in total. The van der Waals surface area contributed by atoms with Gasteiger partial charge in [-0.3, -0.25) is 43.3 Å². The van der Waals surface area contributed by atoms with E-state index in [4.69, 9.17) is 0 Å². The van der Waals surface area contributed by atoms with Gasteiger partial charge in [-0.25, -0.2) is 4.79 Å². The number of anilines is 1. The Morgan fingerprint density at radius 1 is 0.853 bits per heavy atom. The standard InChI is InChI=1S/C49H56F3N11O5/c1-31(44-55-53-30-56(44)2)35-4-3-5-38(23-35)61-29-42-40(49(50,51)52)22-33(27-63(42)48(61)68)26-57-14-12-34(13-15-57)46(66)60-16-10-32(11-17-60)25-58-18-20-59(21-19-58)37-6-7-39-36(24-37)28-62(47(39)67)41-8-9-43(64)54-45(41)65/h3-7,22-24,27,29-32,34,41H,8-21,25-26,28H2,1-2H3,(H,54,64,65)/t31-,41?/m1/s1. The van der Waals surface area contributed by atoms with Gasteiger partial charge in [-0.05, 0) is 104 Å². The molecule has 0 aliphatic carbocycles. The maximum absolute atomic E-state index is 14.6. The molecule has 5 aliphatic rings. The van der Waals surface area contributed by atoms with Gasteiger partial charge in [0.25, 0.3) is 5.91 Å². The Kier molecular flexibility index (Phi) is 12.2. The number of alkyl halides is 3. The average Bonchev–Trinajstić information content (AvgIpc) is 4.02. The quantitative estimate of drug-likeness (QED) is 0.199. The molecule has 0 radical (unpaired) electrons. The van der Waals surface area contributed by atoms with Crippen molar-refractivity contribution in [1.82, 2.24) is 48.6 Å². The minimum absolute atomic E-state index is 0.134. The highest BCUT2D eigenvalue weighted by atomic mass is 19.4. The highest BCUT2D eigenvalue weighted by Gasteiger charge is 2.40. The molecule has 4 fully saturated rings. The first-order valence-corrected chi connectivity index (χ1v) is 23.7. The number of aromatic nitrogens is 5. The molecule has 358 valence electrons. The van der Waals surface area contributed by atoms with E-state index in [0.717, 1.165) is 72.8 Å². The second-order valence-electron chi connectivity index (χ2n) is 19.3. The molecule has 1 N–H and O–H groups in total. The number of amides is 4. The van der Waals surface area contributed by atoms with Crippen molar-refractivity contribution in [2.75, 3.05) is 63.8 Å². The average molecular weight is 936 g/mol. The number of likely N-dealkylation sites (tertiary alicyclic amines) is 2. The van der Waals surface area contributed by atoms with E-state index >= 15 is 0 Å². The fraction of sp³-hybridized carbons (Fsp3) is 0.490. The van der Waals surface area contributed by atoms with Crippen LogP contribution in [0.25, 0.3) is 11.2 Å². The van der Waals surface area contributed by atoms with E-state index in [1.807, 2.05) is 37.1 Å². The van der Waals surface area contributed by atoms with Crippen LogP contribution in [0.4, 0.5) is 18.9 Å². The molecule has 68 heavy (non-hydrogen) atoms. The summed E-state index contributed by atoms with van der Waals surface area (Å²) < 4.78 is 48.0. The molecule has 3 aromatic heterocycles. The first kappa shape index (κ1) is 45.4. The van der Waals surface area contributed by atoms with Crippen LogP contribution in [0.3, 0.4) is 0 Å². The van der Waals surface area contributed by atoms with Crippen molar-refractivity contribution < 1.29 is 32.3 Å². The van der Waals surface area contributed by atoms with Crippen molar-refractivity contribution in [3.63, 3.8) is 0 Å². The number of nitrogens with zero attached hydrogens (tertiary/aromatic N) is 10. The number of imide groups is 1. The zero-order valence-corrected chi connectivity index (χ0v) is 38.3. The van der Waals surface area contributed by atoms with Crippen LogP contribution in [-0.4, -0.2) is 132 Å². The smallest absolute Gasteiger partial charge is 0.369 e. The van der Waals surface area contributed by atoms with E-state index in [2.05, 4.69) is 36.3 Å². The number of hydrogen-bond acceptors (Lipinski definition) is 10. The fourth-order valence-electron chi connectivity index (χ4n) is 11.0. The summed E-state index contributed by atoms with van der Waals surface area (Å²) in [6.45, 7) is 9.59. The Morgan fingerprint density at radius 2 is 1.62 bits per heavy atom. The number of halogens is 3. The SMILES string of the molecule is C[C@H](c1cccc(-n2cc3c(C(F)(F)F)cc(CN4CCC(C(=O)N5CCC(CN6CCN(c7ccc8c(c7)CN(C7CCC(=O)NC7=O)C8=O)CC6)CC5)CC4)cn3c2=O)c1)c1nncn1C. The third-order valence-corrected chi connectivity index (χ3v) is 14.9. The summed E-state index contributed by atoms with van der Waals surface area (Å²) in [5.74, 6) is 0.182. The van der Waals surface area contributed by atoms with Gasteiger partial charge < -0.3 is 19.3 Å². The lowest BCUT2D eigenvalue weighted by molar-refractivity contribution is -0.139. The Labute approximate surface area is 391 Å². The number of aryl methyl sites for hydroxylation is 1. The van der Waals surface area contributed by atoms with E-state index in [1.165, 1.54) is 17.0 Å². The third-order valence-electron chi connectivity index (χ3n) is 14.9. The van der Waals surface area contributed by atoms with Crippen molar-refractivity contribution in [1.29, 1.82) is 0 Å². The van der Waals surface area contributed by atoms with Crippen LogP contribution in [-0.2, 0) is 40.7 Å². The summed E-state index contributed by atoms with van der Waals surface area (Å²) in [6.07, 6.45) is 3.35. The van der Waals surface area contributed by atoms with Crippen LogP contribution in [0.5, 0.6) is 0 Å². The number of fused-ring (bicyclic) bond motifs is 2. The number of benzene rings is 2. The number of nitrogens with one attached hydrogen (secondary N) is 1. The van der Waals surface area contributed by atoms with Crippen molar-refractivity contribution in [3.05, 3.63) is 111 Å². The van der Waals surface area contributed by atoms with Gasteiger partial charge in [0, 0.05) is 108 Å². The minimum Gasteiger partial charge on any atom is -0.369 e. The van der Waals surface area contributed by atoms with E-state index < -0.39 is 29.4 Å².